The van der Waals surface area contributed by atoms with Gasteiger partial charge in [0, 0.05) is 0 Å². The number of rotatable bonds is 1. The Morgan fingerprint density at radius 3 is 0.803 bits per heavy atom. The summed E-state index contributed by atoms with van der Waals surface area (Å²) in [7, 11) is 0. The fourth-order valence-corrected chi connectivity index (χ4v) is 11.9. The Hall–Kier alpha value is -7.02. The number of hydrogen-bond donors (Lipinski definition) is 0. The smallest absolute Gasteiger partial charge is 0.00197 e. The highest BCUT2D eigenvalue weighted by Crippen LogP contribution is 2.51. The molecule has 0 spiro atoms. The van der Waals surface area contributed by atoms with Gasteiger partial charge in [-0.2, -0.15) is 0 Å². The maximum Gasteiger partial charge on any atom is -0.00197 e. The summed E-state index contributed by atoms with van der Waals surface area (Å²) >= 11 is 0. The summed E-state index contributed by atoms with van der Waals surface area (Å²) in [4.78, 5) is 0. The largest absolute Gasteiger partial charge is 0.0622 e. The van der Waals surface area contributed by atoms with Crippen molar-refractivity contribution in [3.8, 4) is 11.1 Å². The standard InChI is InChI=1S/C64H58.C7H8/c1-61(2,3)37-25-45(49-33-55-43-23-15-19-35-17-13-21-41(57(35)43)51-29-39(63(7,8)9)31-53(59(51)55)47(49)27-37)46-26-38(62(4,5)6)28-48-50(46)34-56-44-24-16-20-36-18-14-22-42(58(36)44)52-30-40(64(10,11)12)32-54(48)60(52)56;1-7-5-3-2-4-6-7/h13-34H,1-12H3;2-6H,1H3. The third-order valence-corrected chi connectivity index (χ3v) is 16.0. The van der Waals surface area contributed by atoms with Crippen LogP contribution in [0.5, 0.6) is 0 Å². The van der Waals surface area contributed by atoms with Crippen LogP contribution >= 0.6 is 0 Å². The molecule has 350 valence electrons. The first-order chi connectivity index (χ1) is 33.6. The lowest BCUT2D eigenvalue weighted by molar-refractivity contribution is 0.590. The number of benzene rings is 13. The van der Waals surface area contributed by atoms with Crippen LogP contribution in [0.1, 0.15) is 111 Å². The topological polar surface area (TPSA) is 0 Å². The zero-order valence-electron chi connectivity index (χ0n) is 44.1. The van der Waals surface area contributed by atoms with E-state index >= 15 is 0 Å². The lowest BCUT2D eigenvalue weighted by Crippen LogP contribution is -2.13. The molecule has 13 aromatic carbocycles. The molecule has 0 saturated carbocycles. The number of hydrogen-bond acceptors (Lipinski definition) is 0. The molecule has 0 aliphatic heterocycles. The molecule has 0 fully saturated rings. The Kier molecular flexibility index (Phi) is 9.85. The average Bonchev–Trinajstić information content (AvgIpc) is 3.32. The average molecular weight is 919 g/mol. The molecule has 0 saturated heterocycles. The quantitative estimate of drug-likeness (QED) is 0.114. The molecule has 0 atom stereocenters. The summed E-state index contributed by atoms with van der Waals surface area (Å²) in [6.45, 7) is 30.6. The highest BCUT2D eigenvalue weighted by Gasteiger charge is 2.28. The Labute approximate surface area is 420 Å². The van der Waals surface area contributed by atoms with Gasteiger partial charge in [0.15, 0.2) is 0 Å². The first-order valence-electron chi connectivity index (χ1n) is 25.9. The van der Waals surface area contributed by atoms with Crippen molar-refractivity contribution in [1.82, 2.24) is 0 Å². The Bertz CT molecular complexity index is 4010. The molecule has 13 aromatic rings. The summed E-state index contributed by atoms with van der Waals surface area (Å²) in [5.41, 5.74) is 9.19. The van der Waals surface area contributed by atoms with E-state index in [9.17, 15) is 0 Å². The Morgan fingerprint density at radius 2 is 0.507 bits per heavy atom. The SMILES string of the molecule is CC(C)(C)c1cc(-c2cc(C(C)(C)C)cc3c2cc2c4cccc5cccc(c6cc(C(C)(C)C)cc3c62)c54)c2cc3c4cccc5cccc(c6cc(C(C)(C)C)cc(c2c1)c63)c54.Cc1ccccc1. The summed E-state index contributed by atoms with van der Waals surface area (Å²) < 4.78 is 0. The van der Waals surface area contributed by atoms with E-state index < -0.39 is 0 Å². The van der Waals surface area contributed by atoms with E-state index in [1.807, 2.05) is 18.2 Å². The van der Waals surface area contributed by atoms with Gasteiger partial charge >= 0.3 is 0 Å². The van der Waals surface area contributed by atoms with Crippen LogP contribution in [-0.2, 0) is 21.7 Å². The van der Waals surface area contributed by atoms with Crippen molar-refractivity contribution in [2.75, 3.05) is 0 Å². The van der Waals surface area contributed by atoms with Crippen LogP contribution in [0, 0.1) is 6.92 Å². The molecule has 0 unspecified atom stereocenters. The second-order valence-corrected chi connectivity index (χ2v) is 25.1. The van der Waals surface area contributed by atoms with Gasteiger partial charge in [0.2, 0.25) is 0 Å². The molecular formula is C71H66. The van der Waals surface area contributed by atoms with Crippen molar-refractivity contribution in [1.29, 1.82) is 0 Å². The van der Waals surface area contributed by atoms with Crippen LogP contribution in [0.3, 0.4) is 0 Å². The summed E-state index contributed by atoms with van der Waals surface area (Å²) in [5.74, 6) is 0. The van der Waals surface area contributed by atoms with Gasteiger partial charge in [-0.05, 0) is 230 Å². The molecule has 0 heterocycles. The molecule has 0 radical (unpaired) electrons. The predicted octanol–water partition coefficient (Wildman–Crippen LogP) is 20.9. The molecule has 0 nitrogen and oxygen atoms in total. The lowest BCUT2D eigenvalue weighted by Gasteiger charge is -2.27. The highest BCUT2D eigenvalue weighted by atomic mass is 14.3. The van der Waals surface area contributed by atoms with Crippen molar-refractivity contribution in [2.24, 2.45) is 0 Å². The second-order valence-electron chi connectivity index (χ2n) is 25.1. The summed E-state index contributed by atoms with van der Waals surface area (Å²) in [6.07, 6.45) is 0. The van der Waals surface area contributed by atoms with Gasteiger partial charge in [-0.3, -0.25) is 0 Å². The van der Waals surface area contributed by atoms with Crippen molar-refractivity contribution in [2.45, 2.75) is 112 Å². The van der Waals surface area contributed by atoms with Gasteiger partial charge in [-0.15, -0.1) is 0 Å². The van der Waals surface area contributed by atoms with Gasteiger partial charge < -0.3 is 0 Å². The molecular weight excluding hydrogens is 853 g/mol. The van der Waals surface area contributed by atoms with Crippen LogP contribution in [0.25, 0.3) is 119 Å². The Balaban J connectivity index is 0.000000683. The van der Waals surface area contributed by atoms with Crippen molar-refractivity contribution in [3.63, 3.8) is 0 Å². The van der Waals surface area contributed by atoms with Gasteiger partial charge in [-0.25, -0.2) is 0 Å². The first-order valence-corrected chi connectivity index (χ1v) is 25.9. The molecule has 0 N–H and O–H groups in total. The molecule has 0 bridgehead atoms. The van der Waals surface area contributed by atoms with Gasteiger partial charge in [-0.1, -0.05) is 192 Å². The van der Waals surface area contributed by atoms with Crippen molar-refractivity contribution >= 4 is 108 Å². The predicted molar refractivity (Wildman–Crippen MR) is 315 cm³/mol. The van der Waals surface area contributed by atoms with Crippen LogP contribution in [0.4, 0.5) is 0 Å². The summed E-state index contributed by atoms with van der Waals surface area (Å²) in [6, 6.07) is 63.3. The minimum Gasteiger partial charge on any atom is -0.0622 e. The molecule has 0 amide bonds. The third kappa shape index (κ3) is 7.15. The van der Waals surface area contributed by atoms with Crippen LogP contribution in [0.15, 0.2) is 164 Å². The van der Waals surface area contributed by atoms with E-state index in [4.69, 9.17) is 0 Å². The van der Waals surface area contributed by atoms with Gasteiger partial charge in [0.05, 0.1) is 0 Å². The number of fused-ring (bicyclic) bond motifs is 8. The van der Waals surface area contributed by atoms with E-state index in [1.54, 1.807) is 0 Å². The molecule has 0 aromatic heterocycles. The maximum atomic E-state index is 2.58. The van der Waals surface area contributed by atoms with Crippen LogP contribution in [0.2, 0.25) is 0 Å². The lowest BCUT2D eigenvalue weighted by atomic mass is 9.76. The maximum absolute atomic E-state index is 2.58. The van der Waals surface area contributed by atoms with Gasteiger partial charge in [0.1, 0.15) is 0 Å². The number of aryl methyl sites for hydroxylation is 1. The van der Waals surface area contributed by atoms with E-state index in [0.717, 1.165) is 0 Å². The fraction of sp³-hybridized carbons (Fsp3) is 0.239. The Morgan fingerprint density at radius 1 is 0.225 bits per heavy atom. The summed E-state index contributed by atoms with van der Waals surface area (Å²) in [5, 5.41) is 26.9. The van der Waals surface area contributed by atoms with Crippen molar-refractivity contribution in [3.05, 3.63) is 192 Å². The molecule has 0 aliphatic carbocycles. The normalized spacial score (nSPS) is 13.1. The van der Waals surface area contributed by atoms with Crippen LogP contribution in [-0.4, -0.2) is 0 Å². The zero-order valence-corrected chi connectivity index (χ0v) is 44.1. The monoisotopic (exact) mass is 919 g/mol. The third-order valence-electron chi connectivity index (χ3n) is 16.0. The van der Waals surface area contributed by atoms with E-state index in [0.29, 0.717) is 0 Å². The van der Waals surface area contributed by atoms with Crippen molar-refractivity contribution < 1.29 is 0 Å². The minimum atomic E-state index is -0.0837. The van der Waals surface area contributed by atoms with Gasteiger partial charge in [0.25, 0.3) is 0 Å². The van der Waals surface area contributed by atoms with Crippen LogP contribution < -0.4 is 0 Å². The minimum absolute atomic E-state index is 0.0335. The molecule has 71 heavy (non-hydrogen) atoms. The first kappa shape index (κ1) is 45.1. The molecule has 0 aliphatic rings. The zero-order chi connectivity index (χ0) is 49.7. The highest BCUT2D eigenvalue weighted by molar-refractivity contribution is 6.39. The van der Waals surface area contributed by atoms with E-state index in [-0.39, 0.29) is 21.7 Å². The second kappa shape index (κ2) is 15.5. The van der Waals surface area contributed by atoms with E-state index in [1.165, 1.54) is 147 Å². The molecule has 0 heteroatoms. The van der Waals surface area contributed by atoms with E-state index in [2.05, 4.69) is 236 Å². The fourth-order valence-electron chi connectivity index (χ4n) is 11.9. The molecule has 13 rings (SSSR count).